The molecule has 0 radical (unpaired) electrons. The molecule has 0 aromatic heterocycles. The van der Waals surface area contributed by atoms with E-state index >= 15 is 0 Å². The second-order valence-corrected chi connectivity index (χ2v) is 6.79. The Hall–Kier alpha value is 0.0300. The molecule has 0 aromatic rings. The Balaban J connectivity index is 0. The normalized spacial score (nSPS) is 11.3. The molecular formula is C13H33N2O4P. The lowest BCUT2D eigenvalue weighted by Crippen LogP contribution is -2.16. The van der Waals surface area contributed by atoms with Crippen LogP contribution in [0.2, 0.25) is 0 Å². The van der Waals surface area contributed by atoms with Gasteiger partial charge in [-0.2, -0.15) is 0 Å². The summed E-state index contributed by atoms with van der Waals surface area (Å²) >= 11 is 0. The summed E-state index contributed by atoms with van der Waals surface area (Å²) in [5.41, 5.74) is 5.43. The average Bonchev–Trinajstić information content (AvgIpc) is 2.34. The second kappa shape index (κ2) is 15.4. The second-order valence-electron chi connectivity index (χ2n) is 5.15. The van der Waals surface area contributed by atoms with Crippen molar-refractivity contribution in [1.82, 2.24) is 5.32 Å². The molecule has 0 spiro atoms. The van der Waals surface area contributed by atoms with Gasteiger partial charge < -0.3 is 26.3 Å². The fraction of sp³-hybridized carbons (Fsp3) is 1.00. The Kier molecular flexibility index (Phi) is 17.2. The summed E-state index contributed by atoms with van der Waals surface area (Å²) in [6.07, 6.45) is 12.1. The summed E-state index contributed by atoms with van der Waals surface area (Å²) in [5, 5.41) is 2.78. The zero-order chi connectivity index (χ0) is 14.4. The molecule has 20 heavy (non-hydrogen) atoms. The fourth-order valence-corrected chi connectivity index (χ4v) is 2.48. The highest BCUT2D eigenvalue weighted by atomic mass is 31.2. The largest absolute Gasteiger partial charge is 0.412 e. The van der Waals surface area contributed by atoms with Crippen LogP contribution in [0.1, 0.15) is 64.2 Å². The zero-order valence-corrected chi connectivity index (χ0v) is 13.4. The number of rotatable bonds is 14. The predicted octanol–water partition coefficient (Wildman–Crippen LogP) is 1.75. The van der Waals surface area contributed by atoms with Gasteiger partial charge in [-0.3, -0.25) is 4.57 Å². The first kappa shape index (κ1) is 22.3. The molecule has 0 aliphatic heterocycles. The van der Waals surface area contributed by atoms with Crippen molar-refractivity contribution in [2.75, 3.05) is 19.4 Å². The van der Waals surface area contributed by atoms with E-state index in [2.05, 4.69) is 5.32 Å². The molecule has 7 N–H and O–H groups in total. The van der Waals surface area contributed by atoms with Crippen molar-refractivity contribution in [3.05, 3.63) is 0 Å². The summed E-state index contributed by atoms with van der Waals surface area (Å²) in [6, 6.07) is 0. The first-order chi connectivity index (χ1) is 9.06. The average molecular weight is 312 g/mol. The standard InChI is InChI=1S/C13H31N2O3P.H2O/c14-11-9-7-5-3-1-2-4-6-8-10-12-15-13-19(16,17)18;/h15H,1-14H2,(H2,16,17,18);1H2. The molecule has 0 aliphatic rings. The summed E-state index contributed by atoms with van der Waals surface area (Å²) in [5.74, 6) is 0. The van der Waals surface area contributed by atoms with Crippen LogP contribution in [-0.4, -0.2) is 34.6 Å². The van der Waals surface area contributed by atoms with Crippen molar-refractivity contribution in [1.29, 1.82) is 0 Å². The molecule has 7 heteroatoms. The van der Waals surface area contributed by atoms with Gasteiger partial charge in [-0.1, -0.05) is 51.4 Å². The quantitative estimate of drug-likeness (QED) is 0.287. The maximum atomic E-state index is 10.6. The van der Waals surface area contributed by atoms with Gasteiger partial charge in [0, 0.05) is 0 Å². The van der Waals surface area contributed by atoms with Crippen molar-refractivity contribution >= 4 is 7.60 Å². The molecule has 0 rings (SSSR count). The topological polar surface area (TPSA) is 127 Å². The van der Waals surface area contributed by atoms with Crippen LogP contribution >= 0.6 is 7.60 Å². The predicted molar refractivity (Wildman–Crippen MR) is 83.8 cm³/mol. The number of nitrogens with one attached hydrogen (secondary N) is 1. The number of unbranched alkanes of at least 4 members (excludes halogenated alkanes) is 9. The molecule has 0 saturated carbocycles. The first-order valence-electron chi connectivity index (χ1n) is 7.51. The van der Waals surface area contributed by atoms with Crippen LogP contribution in [0.5, 0.6) is 0 Å². The van der Waals surface area contributed by atoms with Crippen molar-refractivity contribution in [2.24, 2.45) is 5.73 Å². The molecule has 0 aromatic carbocycles. The lowest BCUT2D eigenvalue weighted by molar-refractivity contribution is 0.367. The maximum absolute atomic E-state index is 10.6. The van der Waals surface area contributed by atoms with Gasteiger partial charge in [-0.15, -0.1) is 0 Å². The molecule has 0 atom stereocenters. The van der Waals surface area contributed by atoms with E-state index in [9.17, 15) is 4.57 Å². The maximum Gasteiger partial charge on any atom is 0.339 e. The van der Waals surface area contributed by atoms with Crippen molar-refractivity contribution in [2.45, 2.75) is 64.2 Å². The van der Waals surface area contributed by atoms with Gasteiger partial charge in [-0.05, 0) is 25.9 Å². The Labute approximate surface area is 123 Å². The highest BCUT2D eigenvalue weighted by Gasteiger charge is 2.10. The van der Waals surface area contributed by atoms with E-state index in [1.165, 1.54) is 44.9 Å². The number of hydrogen-bond acceptors (Lipinski definition) is 3. The van der Waals surface area contributed by atoms with E-state index in [1.807, 2.05) is 0 Å². The lowest BCUT2D eigenvalue weighted by Gasteiger charge is -2.06. The Bertz CT molecular complexity index is 236. The summed E-state index contributed by atoms with van der Waals surface area (Å²) in [4.78, 5) is 17.3. The van der Waals surface area contributed by atoms with Gasteiger partial charge in [0.15, 0.2) is 0 Å². The SMILES string of the molecule is NCCCCCCCCCCCCNCP(=O)(O)O.O. The summed E-state index contributed by atoms with van der Waals surface area (Å²) < 4.78 is 10.6. The van der Waals surface area contributed by atoms with Gasteiger partial charge in [0.25, 0.3) is 0 Å². The Morgan fingerprint density at radius 2 is 1.20 bits per heavy atom. The van der Waals surface area contributed by atoms with Gasteiger partial charge >= 0.3 is 7.60 Å². The van der Waals surface area contributed by atoms with Crippen LogP contribution in [0.3, 0.4) is 0 Å². The van der Waals surface area contributed by atoms with E-state index in [-0.39, 0.29) is 11.8 Å². The van der Waals surface area contributed by atoms with Gasteiger partial charge in [-0.25, -0.2) is 0 Å². The summed E-state index contributed by atoms with van der Waals surface area (Å²) in [7, 11) is -3.87. The molecule has 0 fully saturated rings. The molecule has 0 amide bonds. The van der Waals surface area contributed by atoms with E-state index in [1.54, 1.807) is 0 Å². The number of nitrogens with two attached hydrogens (primary N) is 1. The molecule has 0 aliphatic carbocycles. The smallest absolute Gasteiger partial charge is 0.339 e. The molecule has 0 saturated heterocycles. The van der Waals surface area contributed by atoms with Gasteiger partial charge in [0.1, 0.15) is 0 Å². The Morgan fingerprint density at radius 3 is 1.60 bits per heavy atom. The molecule has 0 heterocycles. The zero-order valence-electron chi connectivity index (χ0n) is 12.5. The summed E-state index contributed by atoms with van der Waals surface area (Å²) in [6.45, 7) is 1.51. The van der Waals surface area contributed by atoms with E-state index in [4.69, 9.17) is 15.5 Å². The molecular weight excluding hydrogens is 279 g/mol. The first-order valence-corrected chi connectivity index (χ1v) is 9.31. The molecule has 6 nitrogen and oxygen atoms in total. The van der Waals surface area contributed by atoms with Crippen LogP contribution in [0, 0.1) is 0 Å². The van der Waals surface area contributed by atoms with Crippen LogP contribution in [0.15, 0.2) is 0 Å². The third-order valence-electron chi connectivity index (χ3n) is 3.13. The minimum absolute atomic E-state index is 0. The lowest BCUT2D eigenvalue weighted by atomic mass is 10.1. The minimum Gasteiger partial charge on any atom is -0.412 e. The van der Waals surface area contributed by atoms with Crippen molar-refractivity contribution in [3.63, 3.8) is 0 Å². The van der Waals surface area contributed by atoms with Crippen LogP contribution in [-0.2, 0) is 4.57 Å². The number of hydrogen-bond donors (Lipinski definition) is 4. The molecule has 0 bridgehead atoms. The van der Waals surface area contributed by atoms with Crippen LogP contribution < -0.4 is 11.1 Å². The Morgan fingerprint density at radius 1 is 0.800 bits per heavy atom. The highest BCUT2D eigenvalue weighted by Crippen LogP contribution is 2.31. The fourth-order valence-electron chi connectivity index (χ4n) is 2.03. The van der Waals surface area contributed by atoms with Crippen molar-refractivity contribution < 1.29 is 19.8 Å². The van der Waals surface area contributed by atoms with Gasteiger partial charge in [0.2, 0.25) is 0 Å². The van der Waals surface area contributed by atoms with Crippen molar-refractivity contribution in [3.8, 4) is 0 Å². The van der Waals surface area contributed by atoms with E-state index in [0.29, 0.717) is 6.54 Å². The van der Waals surface area contributed by atoms with Gasteiger partial charge in [0.05, 0.1) is 6.29 Å². The molecule has 124 valence electrons. The third-order valence-corrected chi connectivity index (χ3v) is 3.76. The third kappa shape index (κ3) is 20.3. The minimum atomic E-state index is -3.87. The molecule has 0 unspecified atom stereocenters. The van der Waals surface area contributed by atoms with E-state index in [0.717, 1.165) is 25.8 Å². The van der Waals surface area contributed by atoms with Crippen LogP contribution in [0.25, 0.3) is 0 Å². The monoisotopic (exact) mass is 312 g/mol. The highest BCUT2D eigenvalue weighted by molar-refractivity contribution is 7.51. The van der Waals surface area contributed by atoms with Crippen LogP contribution in [0.4, 0.5) is 0 Å². The van der Waals surface area contributed by atoms with E-state index < -0.39 is 7.60 Å².